The Kier molecular flexibility index (Phi) is 4.70. The molecule has 0 aliphatic heterocycles. The van der Waals surface area contributed by atoms with Gasteiger partial charge in [-0.2, -0.15) is 0 Å². The molecule has 3 rings (SSSR count). The van der Waals surface area contributed by atoms with Crippen LogP contribution >= 0.6 is 0 Å². The van der Waals surface area contributed by atoms with Crippen LogP contribution in [-0.4, -0.2) is 11.1 Å². The molecule has 0 amide bonds. The Morgan fingerprint density at radius 3 is 1.48 bits per heavy atom. The molecule has 0 bridgehead atoms. The maximum atomic E-state index is 11.8. The van der Waals surface area contributed by atoms with Gasteiger partial charge in [-0.05, 0) is 50.2 Å². The number of hydrogen-bond acceptors (Lipinski definition) is 3. The first-order valence-corrected chi connectivity index (χ1v) is 7.88. The van der Waals surface area contributed by atoms with Gasteiger partial charge in [-0.15, -0.1) is 0 Å². The average Bonchev–Trinajstić information content (AvgIpc) is 2.59. The number of ether oxygens (including phenoxy) is 2. The molecule has 0 saturated carbocycles. The van der Waals surface area contributed by atoms with Gasteiger partial charge in [0, 0.05) is 0 Å². The van der Waals surface area contributed by atoms with Gasteiger partial charge in [0.2, 0.25) is 0 Å². The zero-order chi connectivity index (χ0) is 17.8. The Labute approximate surface area is 146 Å². The van der Waals surface area contributed by atoms with Crippen molar-refractivity contribution in [2.45, 2.75) is 13.8 Å². The van der Waals surface area contributed by atoms with E-state index < -0.39 is 5.97 Å². The second-order valence-corrected chi connectivity index (χ2v) is 5.76. The van der Waals surface area contributed by atoms with Crippen molar-refractivity contribution in [1.29, 1.82) is 0 Å². The zero-order valence-corrected chi connectivity index (χ0v) is 14.0. The van der Waals surface area contributed by atoms with Crippen LogP contribution in [0.1, 0.15) is 21.5 Å². The van der Waals surface area contributed by atoms with Crippen LogP contribution in [0.5, 0.6) is 23.0 Å². The van der Waals surface area contributed by atoms with Crippen molar-refractivity contribution in [3.05, 3.63) is 83.4 Å². The number of carbonyl (C=O) groups is 1. The Morgan fingerprint density at radius 1 is 0.720 bits per heavy atom. The molecular weight excluding hydrogens is 316 g/mol. The van der Waals surface area contributed by atoms with Gasteiger partial charge < -0.3 is 14.6 Å². The fraction of sp³-hybridized carbons (Fsp3) is 0.0952. The number of aromatic carboxylic acids is 1. The summed E-state index contributed by atoms with van der Waals surface area (Å²) < 4.78 is 11.5. The van der Waals surface area contributed by atoms with E-state index in [-0.39, 0.29) is 17.1 Å². The van der Waals surface area contributed by atoms with E-state index in [1.165, 1.54) is 0 Å². The van der Waals surface area contributed by atoms with Crippen molar-refractivity contribution >= 4 is 5.97 Å². The summed E-state index contributed by atoms with van der Waals surface area (Å²) in [5.41, 5.74) is 2.19. The molecule has 3 aromatic carbocycles. The molecular formula is C21H18O4. The number of hydrogen-bond donors (Lipinski definition) is 1. The second-order valence-electron chi connectivity index (χ2n) is 5.76. The van der Waals surface area contributed by atoms with Crippen LogP contribution in [-0.2, 0) is 0 Å². The van der Waals surface area contributed by atoms with Crippen LogP contribution in [0.2, 0.25) is 0 Å². The predicted octanol–water partition coefficient (Wildman–Crippen LogP) is 5.59. The van der Waals surface area contributed by atoms with Gasteiger partial charge in [0.15, 0.2) is 0 Å². The van der Waals surface area contributed by atoms with Crippen LogP contribution in [0.4, 0.5) is 0 Å². The fourth-order valence-electron chi connectivity index (χ4n) is 2.36. The highest BCUT2D eigenvalue weighted by Gasteiger charge is 2.19. The molecule has 0 heterocycles. The second kappa shape index (κ2) is 7.09. The summed E-state index contributed by atoms with van der Waals surface area (Å²) in [5, 5.41) is 9.63. The molecule has 0 spiro atoms. The third-order valence-corrected chi connectivity index (χ3v) is 3.70. The van der Waals surface area contributed by atoms with Crippen LogP contribution in [0, 0.1) is 13.8 Å². The summed E-state index contributed by atoms with van der Waals surface area (Å²) in [6.45, 7) is 3.95. The van der Waals surface area contributed by atoms with Gasteiger partial charge in [-0.1, -0.05) is 41.5 Å². The van der Waals surface area contributed by atoms with Gasteiger partial charge in [-0.3, -0.25) is 0 Å². The van der Waals surface area contributed by atoms with Gasteiger partial charge in [0.05, 0.1) is 0 Å². The first-order valence-electron chi connectivity index (χ1n) is 7.88. The highest BCUT2D eigenvalue weighted by Crippen LogP contribution is 2.34. The molecule has 25 heavy (non-hydrogen) atoms. The average molecular weight is 334 g/mol. The molecule has 3 aromatic rings. The van der Waals surface area contributed by atoms with Crippen molar-refractivity contribution in [1.82, 2.24) is 0 Å². The van der Waals surface area contributed by atoms with Crippen molar-refractivity contribution in [2.75, 3.05) is 0 Å². The first-order chi connectivity index (χ1) is 12.0. The lowest BCUT2D eigenvalue weighted by atomic mass is 10.1. The smallest absolute Gasteiger partial charge is 0.343 e. The maximum Gasteiger partial charge on any atom is 0.343 e. The van der Waals surface area contributed by atoms with Crippen molar-refractivity contribution in [2.24, 2.45) is 0 Å². The third kappa shape index (κ3) is 3.98. The summed E-state index contributed by atoms with van der Waals surface area (Å²) >= 11 is 0. The van der Waals surface area contributed by atoms with Gasteiger partial charge in [-0.25, -0.2) is 4.79 Å². The van der Waals surface area contributed by atoms with Crippen LogP contribution in [0.3, 0.4) is 0 Å². The highest BCUT2D eigenvalue weighted by molar-refractivity contribution is 5.94. The Hall–Kier alpha value is -3.27. The van der Waals surface area contributed by atoms with E-state index in [1.807, 2.05) is 38.1 Å². The molecule has 0 aliphatic carbocycles. The van der Waals surface area contributed by atoms with Crippen molar-refractivity contribution in [3.63, 3.8) is 0 Å². The van der Waals surface area contributed by atoms with Crippen LogP contribution in [0.25, 0.3) is 0 Å². The predicted molar refractivity (Wildman–Crippen MR) is 95.9 cm³/mol. The Morgan fingerprint density at radius 2 is 1.12 bits per heavy atom. The lowest BCUT2D eigenvalue weighted by Gasteiger charge is -2.13. The van der Waals surface area contributed by atoms with E-state index in [0.717, 1.165) is 11.1 Å². The van der Waals surface area contributed by atoms with E-state index in [4.69, 9.17) is 9.47 Å². The summed E-state index contributed by atoms with van der Waals surface area (Å²) in [7, 11) is 0. The topological polar surface area (TPSA) is 55.8 Å². The minimum Gasteiger partial charge on any atom is -0.477 e. The lowest BCUT2D eigenvalue weighted by Crippen LogP contribution is -2.03. The van der Waals surface area contributed by atoms with E-state index in [0.29, 0.717) is 11.5 Å². The number of carboxylic acid groups (broad SMARTS) is 1. The summed E-state index contributed by atoms with van der Waals surface area (Å²) in [4.78, 5) is 11.8. The highest BCUT2D eigenvalue weighted by atomic mass is 16.5. The molecule has 0 atom stereocenters. The zero-order valence-electron chi connectivity index (χ0n) is 14.0. The monoisotopic (exact) mass is 334 g/mol. The van der Waals surface area contributed by atoms with Crippen LogP contribution in [0.15, 0.2) is 66.7 Å². The minimum atomic E-state index is -1.11. The molecule has 0 unspecified atom stereocenters. The third-order valence-electron chi connectivity index (χ3n) is 3.70. The van der Waals surface area contributed by atoms with Gasteiger partial charge in [0.25, 0.3) is 0 Å². The van der Waals surface area contributed by atoms with Crippen molar-refractivity contribution < 1.29 is 19.4 Å². The summed E-state index contributed by atoms with van der Waals surface area (Å²) in [5.74, 6) is 0.507. The molecule has 0 aliphatic rings. The number of benzene rings is 3. The summed E-state index contributed by atoms with van der Waals surface area (Å²) in [6.07, 6.45) is 0. The largest absolute Gasteiger partial charge is 0.477 e. The molecule has 0 fully saturated rings. The van der Waals surface area contributed by atoms with Gasteiger partial charge >= 0.3 is 5.97 Å². The quantitative estimate of drug-likeness (QED) is 0.661. The molecule has 0 aromatic heterocycles. The molecule has 1 N–H and O–H groups in total. The number of aryl methyl sites for hydroxylation is 2. The SMILES string of the molecule is Cc1ccc(Oc2cccc(Oc3ccc(C)cc3)c2C(=O)O)cc1. The minimum absolute atomic E-state index is 0.0105. The molecule has 4 nitrogen and oxygen atoms in total. The molecule has 126 valence electrons. The van der Waals surface area contributed by atoms with E-state index >= 15 is 0 Å². The van der Waals surface area contributed by atoms with Gasteiger partial charge in [0.1, 0.15) is 28.6 Å². The maximum absolute atomic E-state index is 11.8. The number of rotatable bonds is 5. The van der Waals surface area contributed by atoms with Crippen molar-refractivity contribution in [3.8, 4) is 23.0 Å². The van der Waals surface area contributed by atoms with Crippen LogP contribution < -0.4 is 9.47 Å². The van der Waals surface area contributed by atoms with E-state index in [2.05, 4.69) is 0 Å². The normalized spacial score (nSPS) is 10.3. The first kappa shape index (κ1) is 16.6. The molecule has 0 radical (unpaired) electrons. The van der Waals surface area contributed by atoms with E-state index in [1.54, 1.807) is 42.5 Å². The number of carboxylic acids is 1. The Balaban J connectivity index is 1.94. The van der Waals surface area contributed by atoms with E-state index in [9.17, 15) is 9.90 Å². The standard InChI is InChI=1S/C21H18O4/c1-14-6-10-16(11-7-14)24-18-4-3-5-19(20(18)21(22)23)25-17-12-8-15(2)9-13-17/h3-13H,1-2H3,(H,22,23). The Bertz CT molecular complexity index is 815. The summed E-state index contributed by atoms with van der Waals surface area (Å²) in [6, 6.07) is 19.8. The molecule has 4 heteroatoms. The lowest BCUT2D eigenvalue weighted by molar-refractivity contribution is 0.0691. The molecule has 0 saturated heterocycles. The fourth-order valence-corrected chi connectivity index (χ4v) is 2.36.